The van der Waals surface area contributed by atoms with E-state index in [1.807, 2.05) is 0 Å². The molecule has 3 aromatic rings. The van der Waals surface area contributed by atoms with Crippen molar-refractivity contribution in [3.63, 3.8) is 0 Å². The third-order valence-electron chi connectivity index (χ3n) is 2.69. The Morgan fingerprint density at radius 3 is 2.87 bits per heavy atom. The molecule has 9 heteroatoms. The smallest absolute Gasteiger partial charge is 0.284 e. The van der Waals surface area contributed by atoms with Gasteiger partial charge in [-0.15, -0.1) is 10.2 Å². The number of nitrogens with zero attached hydrogens (tertiary/aromatic N) is 2. The zero-order valence-electron chi connectivity index (χ0n) is 11.5. The fourth-order valence-electron chi connectivity index (χ4n) is 1.68. The van der Waals surface area contributed by atoms with E-state index in [9.17, 15) is 4.79 Å². The first-order valence-electron chi connectivity index (χ1n) is 6.37. The predicted octanol–water partition coefficient (Wildman–Crippen LogP) is 4.37. The average molecular weight is 370 g/mol. The number of anilines is 1. The minimum Gasteiger partial charge on any atom is -0.459 e. The molecule has 3 rings (SSSR count). The van der Waals surface area contributed by atoms with E-state index in [1.165, 1.54) is 6.26 Å². The van der Waals surface area contributed by atoms with Crippen molar-refractivity contribution < 1.29 is 13.6 Å². The third-order valence-corrected chi connectivity index (χ3v) is 4.33. The van der Waals surface area contributed by atoms with Crippen molar-refractivity contribution >= 4 is 46.6 Å². The zero-order valence-corrected chi connectivity index (χ0v) is 13.8. The molecule has 1 aromatic carbocycles. The Labute approximate surface area is 145 Å². The molecule has 0 atom stereocenters. The van der Waals surface area contributed by atoms with E-state index in [4.69, 9.17) is 32.0 Å². The monoisotopic (exact) mass is 369 g/mol. The van der Waals surface area contributed by atoms with Crippen molar-refractivity contribution in [3.05, 3.63) is 46.6 Å². The minimum atomic E-state index is -0.267. The number of hydrogen-bond donors (Lipinski definition) is 1. The third kappa shape index (κ3) is 3.87. The van der Waals surface area contributed by atoms with Gasteiger partial charge in [-0.3, -0.25) is 4.79 Å². The maximum absolute atomic E-state index is 11.9. The summed E-state index contributed by atoms with van der Waals surface area (Å²) in [5, 5.41) is 11.3. The van der Waals surface area contributed by atoms with E-state index in [1.54, 1.807) is 30.3 Å². The maximum atomic E-state index is 11.9. The molecular formula is C14H9Cl2N3O3S. The summed E-state index contributed by atoms with van der Waals surface area (Å²) in [6.45, 7) is 0. The molecule has 0 fully saturated rings. The molecule has 0 saturated heterocycles. The molecule has 0 aliphatic rings. The highest BCUT2D eigenvalue weighted by Crippen LogP contribution is 2.30. The molecule has 0 bridgehead atoms. The highest BCUT2D eigenvalue weighted by atomic mass is 35.5. The van der Waals surface area contributed by atoms with E-state index in [0.29, 0.717) is 21.5 Å². The van der Waals surface area contributed by atoms with Gasteiger partial charge in [-0.2, -0.15) is 0 Å². The van der Waals surface area contributed by atoms with Crippen LogP contribution < -0.4 is 5.32 Å². The summed E-state index contributed by atoms with van der Waals surface area (Å²) >= 11 is 13.0. The summed E-state index contributed by atoms with van der Waals surface area (Å²) in [7, 11) is 0. The lowest BCUT2D eigenvalue weighted by Gasteiger charge is -2.07. The molecule has 6 nitrogen and oxygen atoms in total. The van der Waals surface area contributed by atoms with Gasteiger partial charge in [0.1, 0.15) is 0 Å². The van der Waals surface area contributed by atoms with Crippen LogP contribution in [0.4, 0.5) is 5.69 Å². The number of carbonyl (C=O) groups is 1. The van der Waals surface area contributed by atoms with Gasteiger partial charge in [0.15, 0.2) is 5.76 Å². The summed E-state index contributed by atoms with van der Waals surface area (Å²) in [6.07, 6.45) is 1.51. The predicted molar refractivity (Wildman–Crippen MR) is 87.8 cm³/mol. The van der Waals surface area contributed by atoms with Crippen molar-refractivity contribution in [1.29, 1.82) is 0 Å². The number of nitrogens with one attached hydrogen (secondary N) is 1. The second-order valence-corrected chi connectivity index (χ2v) is 6.00. The molecule has 0 aliphatic carbocycles. The van der Waals surface area contributed by atoms with Crippen LogP contribution in [0.1, 0.15) is 0 Å². The Hall–Kier alpha value is -1.96. The van der Waals surface area contributed by atoms with Crippen LogP contribution in [0.25, 0.3) is 11.7 Å². The van der Waals surface area contributed by atoms with Gasteiger partial charge in [0.05, 0.1) is 27.7 Å². The summed E-state index contributed by atoms with van der Waals surface area (Å²) < 4.78 is 10.5. The first-order chi connectivity index (χ1) is 11.1. The fraction of sp³-hybridized carbons (Fsp3) is 0.0714. The van der Waals surface area contributed by atoms with Crippen molar-refractivity contribution in [1.82, 2.24) is 10.2 Å². The standard InChI is InChI=1S/C14H9Cl2N3O3S/c15-8-3-1-4-9(12(8)16)17-11(20)7-23-14-19-18-13(22-14)10-5-2-6-21-10/h1-6H,7H2,(H,17,20). The van der Waals surface area contributed by atoms with Crippen LogP contribution in [0.5, 0.6) is 0 Å². The molecule has 23 heavy (non-hydrogen) atoms. The number of carbonyl (C=O) groups excluding carboxylic acids is 1. The average Bonchev–Trinajstić information content (AvgIpc) is 3.20. The molecule has 118 valence electrons. The Kier molecular flexibility index (Phi) is 4.90. The quantitative estimate of drug-likeness (QED) is 0.672. The van der Waals surface area contributed by atoms with Gasteiger partial charge in [-0.05, 0) is 24.3 Å². The van der Waals surface area contributed by atoms with Gasteiger partial charge in [0, 0.05) is 0 Å². The Bertz CT molecular complexity index is 821. The van der Waals surface area contributed by atoms with Gasteiger partial charge in [0.2, 0.25) is 5.91 Å². The van der Waals surface area contributed by atoms with Crippen molar-refractivity contribution in [3.8, 4) is 11.7 Å². The van der Waals surface area contributed by atoms with E-state index in [2.05, 4.69) is 15.5 Å². The molecule has 0 unspecified atom stereocenters. The van der Waals surface area contributed by atoms with Crippen LogP contribution in [0.3, 0.4) is 0 Å². The first kappa shape index (κ1) is 15.9. The lowest BCUT2D eigenvalue weighted by atomic mass is 10.3. The van der Waals surface area contributed by atoms with Crippen molar-refractivity contribution in [2.75, 3.05) is 11.1 Å². The molecule has 0 radical (unpaired) electrons. The molecule has 0 spiro atoms. The van der Waals surface area contributed by atoms with Crippen LogP contribution >= 0.6 is 35.0 Å². The lowest BCUT2D eigenvalue weighted by Crippen LogP contribution is -2.14. The van der Waals surface area contributed by atoms with Crippen LogP contribution in [0, 0.1) is 0 Å². The Balaban J connectivity index is 1.58. The normalized spacial score (nSPS) is 10.7. The summed E-state index contributed by atoms with van der Waals surface area (Å²) in [5.74, 6) is 0.551. The highest BCUT2D eigenvalue weighted by Gasteiger charge is 2.14. The van der Waals surface area contributed by atoms with E-state index < -0.39 is 0 Å². The summed E-state index contributed by atoms with van der Waals surface area (Å²) in [6, 6.07) is 8.43. The molecule has 0 aliphatic heterocycles. The van der Waals surface area contributed by atoms with Gasteiger partial charge >= 0.3 is 0 Å². The molecule has 1 N–H and O–H groups in total. The number of thioether (sulfide) groups is 1. The highest BCUT2D eigenvalue weighted by molar-refractivity contribution is 7.99. The summed E-state index contributed by atoms with van der Waals surface area (Å²) in [5.41, 5.74) is 0.451. The van der Waals surface area contributed by atoms with Gasteiger partial charge in [-0.25, -0.2) is 0 Å². The van der Waals surface area contributed by atoms with E-state index >= 15 is 0 Å². The Morgan fingerprint density at radius 2 is 2.09 bits per heavy atom. The van der Waals surface area contributed by atoms with Crippen LogP contribution in [-0.2, 0) is 4.79 Å². The number of aromatic nitrogens is 2. The van der Waals surface area contributed by atoms with E-state index in [0.717, 1.165) is 11.8 Å². The fourth-order valence-corrected chi connectivity index (χ4v) is 2.59. The molecule has 1 amide bonds. The molecule has 2 aromatic heterocycles. The van der Waals surface area contributed by atoms with Crippen LogP contribution in [0.15, 0.2) is 50.7 Å². The maximum Gasteiger partial charge on any atom is 0.284 e. The van der Waals surface area contributed by atoms with Crippen LogP contribution in [-0.4, -0.2) is 21.9 Å². The van der Waals surface area contributed by atoms with E-state index in [-0.39, 0.29) is 22.8 Å². The number of rotatable bonds is 5. The lowest BCUT2D eigenvalue weighted by molar-refractivity contribution is -0.113. The number of halogens is 2. The van der Waals surface area contributed by atoms with Gasteiger partial charge < -0.3 is 14.2 Å². The zero-order chi connectivity index (χ0) is 16.2. The minimum absolute atomic E-state index is 0.0859. The largest absolute Gasteiger partial charge is 0.459 e. The molecular weight excluding hydrogens is 361 g/mol. The van der Waals surface area contributed by atoms with Crippen molar-refractivity contribution in [2.45, 2.75) is 5.22 Å². The number of amides is 1. The second-order valence-electron chi connectivity index (χ2n) is 4.29. The van der Waals surface area contributed by atoms with Gasteiger partial charge in [0.25, 0.3) is 11.1 Å². The van der Waals surface area contributed by atoms with Crippen molar-refractivity contribution in [2.24, 2.45) is 0 Å². The topological polar surface area (TPSA) is 81.2 Å². The second kappa shape index (κ2) is 7.08. The SMILES string of the molecule is O=C(CSc1nnc(-c2ccco2)o1)Nc1cccc(Cl)c1Cl. The number of benzene rings is 1. The number of hydrogen-bond acceptors (Lipinski definition) is 6. The summed E-state index contributed by atoms with van der Waals surface area (Å²) in [4.78, 5) is 11.9. The molecule has 0 saturated carbocycles. The molecule has 2 heterocycles. The van der Waals surface area contributed by atoms with Crippen LogP contribution in [0.2, 0.25) is 10.0 Å². The Morgan fingerprint density at radius 1 is 1.22 bits per heavy atom. The van der Waals surface area contributed by atoms with Gasteiger partial charge in [-0.1, -0.05) is 41.0 Å². The first-order valence-corrected chi connectivity index (χ1v) is 8.11. The number of furan rings is 1.